The van der Waals surface area contributed by atoms with Crippen LogP contribution in [-0.2, 0) is 19.1 Å². The standard InChI is InChI=1S/C28H27ClN4O9/c1-17(34)41-12-10-32(11-13-42-18(2)35)19-4-8-25(30-31-26-9-5-20(33(38)39)15-24(26)29)23(14-19)28(37)22-7-6-21(40-3)16-27(22)36/h4-9,14-16,36H,10-13H2,1-3H3. The molecule has 3 aromatic rings. The van der Waals surface area contributed by atoms with E-state index in [1.165, 1.54) is 63.4 Å². The molecule has 1 N–H and O–H groups in total. The lowest BCUT2D eigenvalue weighted by molar-refractivity contribution is -0.384. The molecule has 0 aliphatic heterocycles. The minimum atomic E-state index is -0.599. The average molecular weight is 599 g/mol. The average Bonchev–Trinajstić information content (AvgIpc) is 2.94. The quantitative estimate of drug-likeness (QED) is 0.0865. The van der Waals surface area contributed by atoms with Gasteiger partial charge in [-0.05, 0) is 36.4 Å². The first-order valence-corrected chi connectivity index (χ1v) is 12.8. The van der Waals surface area contributed by atoms with Crippen LogP contribution in [0.3, 0.4) is 0 Å². The van der Waals surface area contributed by atoms with Crippen molar-refractivity contribution >= 4 is 52.1 Å². The molecule has 0 aliphatic carbocycles. The number of nitro benzene ring substituents is 1. The van der Waals surface area contributed by atoms with Crippen molar-refractivity contribution in [3.05, 3.63) is 80.9 Å². The van der Waals surface area contributed by atoms with E-state index in [0.29, 0.717) is 11.4 Å². The predicted octanol–water partition coefficient (Wildman–Crippen LogP) is 5.54. The third-order valence-electron chi connectivity index (χ3n) is 5.78. The molecule has 3 rings (SSSR count). The second-order valence-corrected chi connectivity index (χ2v) is 9.08. The number of methoxy groups -OCH3 is 1. The van der Waals surface area contributed by atoms with Gasteiger partial charge in [0, 0.05) is 37.7 Å². The van der Waals surface area contributed by atoms with Gasteiger partial charge in [-0.3, -0.25) is 24.5 Å². The number of azo groups is 1. The number of nitrogens with zero attached hydrogens (tertiary/aromatic N) is 4. The van der Waals surface area contributed by atoms with E-state index < -0.39 is 22.6 Å². The van der Waals surface area contributed by atoms with E-state index in [1.54, 1.807) is 11.0 Å². The zero-order valence-corrected chi connectivity index (χ0v) is 23.7. The SMILES string of the molecule is COc1ccc(C(=O)c2cc(N(CCOC(C)=O)CCOC(C)=O)ccc2N=Nc2ccc([N+](=O)[O-])cc2Cl)c(O)c1. The Morgan fingerprint density at radius 1 is 0.905 bits per heavy atom. The van der Waals surface area contributed by atoms with Gasteiger partial charge in [0.05, 0.1) is 47.0 Å². The number of hydrogen-bond donors (Lipinski definition) is 1. The van der Waals surface area contributed by atoms with Gasteiger partial charge in [0.1, 0.15) is 30.4 Å². The predicted molar refractivity (Wildman–Crippen MR) is 152 cm³/mol. The summed E-state index contributed by atoms with van der Waals surface area (Å²) >= 11 is 6.15. The fraction of sp³-hybridized carbons (Fsp3) is 0.250. The Morgan fingerprint density at radius 2 is 1.52 bits per heavy atom. The second kappa shape index (κ2) is 14.6. The Bertz CT molecular complexity index is 1510. The summed E-state index contributed by atoms with van der Waals surface area (Å²) in [7, 11) is 1.42. The third kappa shape index (κ3) is 8.48. The highest BCUT2D eigenvalue weighted by molar-refractivity contribution is 6.33. The number of carbonyl (C=O) groups is 3. The normalized spacial score (nSPS) is 10.8. The number of anilines is 1. The van der Waals surface area contributed by atoms with Gasteiger partial charge in [0.2, 0.25) is 0 Å². The number of ether oxygens (including phenoxy) is 3. The van der Waals surface area contributed by atoms with E-state index in [2.05, 4.69) is 10.2 Å². The second-order valence-electron chi connectivity index (χ2n) is 8.67. The number of phenols is 1. The van der Waals surface area contributed by atoms with Crippen LogP contribution < -0.4 is 9.64 Å². The minimum Gasteiger partial charge on any atom is -0.507 e. The minimum absolute atomic E-state index is 0.0210. The van der Waals surface area contributed by atoms with Gasteiger partial charge >= 0.3 is 11.9 Å². The third-order valence-corrected chi connectivity index (χ3v) is 6.08. The zero-order valence-electron chi connectivity index (χ0n) is 22.9. The van der Waals surface area contributed by atoms with Crippen LogP contribution >= 0.6 is 11.6 Å². The fourth-order valence-corrected chi connectivity index (χ4v) is 3.95. The maximum Gasteiger partial charge on any atom is 0.302 e. The van der Waals surface area contributed by atoms with Crippen LogP contribution in [0.1, 0.15) is 29.8 Å². The highest BCUT2D eigenvalue weighted by Crippen LogP contribution is 2.34. The molecule has 0 heterocycles. The monoisotopic (exact) mass is 598 g/mol. The van der Waals surface area contributed by atoms with E-state index >= 15 is 0 Å². The Hall–Kier alpha value is -5.04. The number of ketones is 1. The first-order chi connectivity index (χ1) is 20.0. The Morgan fingerprint density at radius 3 is 2.07 bits per heavy atom. The molecule has 220 valence electrons. The first kappa shape index (κ1) is 31.5. The van der Waals surface area contributed by atoms with Crippen molar-refractivity contribution in [2.45, 2.75) is 13.8 Å². The molecule has 0 unspecified atom stereocenters. The zero-order chi connectivity index (χ0) is 30.8. The summed E-state index contributed by atoms with van der Waals surface area (Å²) < 4.78 is 15.2. The van der Waals surface area contributed by atoms with Gasteiger partial charge in [-0.15, -0.1) is 10.2 Å². The van der Waals surface area contributed by atoms with Crippen molar-refractivity contribution < 1.29 is 38.6 Å². The summed E-state index contributed by atoms with van der Waals surface area (Å²) in [5.74, 6) is -1.52. The molecule has 0 fully saturated rings. The number of hydrogen-bond acceptors (Lipinski definition) is 12. The summed E-state index contributed by atoms with van der Waals surface area (Å²) in [4.78, 5) is 48.5. The van der Waals surface area contributed by atoms with Crippen molar-refractivity contribution in [3.63, 3.8) is 0 Å². The maximum absolute atomic E-state index is 13.7. The van der Waals surface area contributed by atoms with E-state index in [0.717, 1.165) is 6.07 Å². The molecular weight excluding hydrogens is 572 g/mol. The number of nitro groups is 1. The molecule has 0 saturated heterocycles. The lowest BCUT2D eigenvalue weighted by Gasteiger charge is -2.25. The summed E-state index contributed by atoms with van der Waals surface area (Å²) in [5.41, 5.74) is 0.508. The summed E-state index contributed by atoms with van der Waals surface area (Å²) in [6, 6.07) is 12.5. The smallest absolute Gasteiger partial charge is 0.302 e. The number of halogens is 1. The number of carbonyl (C=O) groups excluding carboxylic acids is 3. The number of phenolic OH excluding ortho intramolecular Hbond substituents is 1. The van der Waals surface area contributed by atoms with Crippen LogP contribution in [0.2, 0.25) is 5.02 Å². The highest BCUT2D eigenvalue weighted by atomic mass is 35.5. The van der Waals surface area contributed by atoms with Gasteiger partial charge in [0.15, 0.2) is 5.78 Å². The number of aromatic hydroxyl groups is 1. The lowest BCUT2D eigenvalue weighted by Crippen LogP contribution is -2.32. The van der Waals surface area contributed by atoms with Crippen LogP contribution in [-0.4, -0.2) is 61.2 Å². The van der Waals surface area contributed by atoms with Crippen molar-refractivity contribution in [1.82, 2.24) is 0 Å². The van der Waals surface area contributed by atoms with E-state index in [9.17, 15) is 29.6 Å². The van der Waals surface area contributed by atoms with Crippen molar-refractivity contribution in [2.24, 2.45) is 10.2 Å². The van der Waals surface area contributed by atoms with Gasteiger partial charge < -0.3 is 24.2 Å². The number of benzene rings is 3. The number of non-ortho nitro benzene ring substituents is 1. The number of rotatable bonds is 13. The van der Waals surface area contributed by atoms with Crippen LogP contribution in [0.15, 0.2) is 64.8 Å². The van der Waals surface area contributed by atoms with Crippen LogP contribution in [0.4, 0.5) is 22.7 Å². The number of esters is 2. The van der Waals surface area contributed by atoms with Crippen LogP contribution in [0.5, 0.6) is 11.5 Å². The van der Waals surface area contributed by atoms with Crippen LogP contribution in [0, 0.1) is 10.1 Å². The molecule has 0 saturated carbocycles. The molecule has 0 aromatic heterocycles. The molecule has 13 nitrogen and oxygen atoms in total. The molecular formula is C28H27ClN4O9. The van der Waals surface area contributed by atoms with Crippen molar-refractivity contribution in [3.8, 4) is 11.5 Å². The summed E-state index contributed by atoms with van der Waals surface area (Å²) in [6.07, 6.45) is 0. The Kier molecular flexibility index (Phi) is 10.9. The van der Waals surface area contributed by atoms with Gasteiger partial charge in [-0.1, -0.05) is 11.6 Å². The highest BCUT2D eigenvalue weighted by Gasteiger charge is 2.21. The van der Waals surface area contributed by atoms with Gasteiger partial charge in [-0.2, -0.15) is 0 Å². The first-order valence-electron chi connectivity index (χ1n) is 12.4. The van der Waals surface area contributed by atoms with E-state index in [-0.39, 0.29) is 65.3 Å². The molecule has 0 spiro atoms. The molecule has 0 atom stereocenters. The van der Waals surface area contributed by atoms with Gasteiger partial charge in [-0.25, -0.2) is 0 Å². The summed E-state index contributed by atoms with van der Waals surface area (Å²) in [6.45, 7) is 3.02. The molecule has 3 aromatic carbocycles. The fourth-order valence-electron chi connectivity index (χ4n) is 3.73. The van der Waals surface area contributed by atoms with Crippen molar-refractivity contribution in [1.29, 1.82) is 0 Å². The van der Waals surface area contributed by atoms with E-state index in [4.69, 9.17) is 25.8 Å². The lowest BCUT2D eigenvalue weighted by atomic mass is 9.99. The molecule has 0 radical (unpaired) electrons. The largest absolute Gasteiger partial charge is 0.507 e. The molecule has 0 aliphatic rings. The topological polar surface area (TPSA) is 170 Å². The van der Waals surface area contributed by atoms with Crippen molar-refractivity contribution in [2.75, 3.05) is 38.3 Å². The molecule has 0 amide bonds. The van der Waals surface area contributed by atoms with E-state index in [1.807, 2.05) is 0 Å². The summed E-state index contributed by atoms with van der Waals surface area (Å²) in [5, 5.41) is 29.8. The molecule has 14 heteroatoms. The van der Waals surface area contributed by atoms with Crippen LogP contribution in [0.25, 0.3) is 0 Å². The molecule has 42 heavy (non-hydrogen) atoms. The maximum atomic E-state index is 13.7. The molecule has 0 bridgehead atoms. The Labute approximate surface area is 245 Å². The van der Waals surface area contributed by atoms with Gasteiger partial charge in [0.25, 0.3) is 5.69 Å². The Balaban J connectivity index is 2.07.